The maximum atomic E-state index is 13.3. The molecule has 0 saturated carbocycles. The lowest BCUT2D eigenvalue weighted by Crippen LogP contribution is -2.39. The Bertz CT molecular complexity index is 1130. The predicted octanol–water partition coefficient (Wildman–Crippen LogP) is 5.57. The van der Waals surface area contributed by atoms with Crippen molar-refractivity contribution in [3.05, 3.63) is 59.4 Å². The fraction of sp³-hybridized carbons (Fsp3) is 0.348. The first kappa shape index (κ1) is 21.1. The minimum atomic E-state index is -4.46. The third kappa shape index (κ3) is 4.47. The Kier molecular flexibility index (Phi) is 5.56. The molecule has 1 atom stereocenters. The van der Waals surface area contributed by atoms with Gasteiger partial charge in [0.1, 0.15) is 0 Å². The molecule has 0 bridgehead atoms. The van der Waals surface area contributed by atoms with Gasteiger partial charge in [-0.2, -0.15) is 13.2 Å². The van der Waals surface area contributed by atoms with Gasteiger partial charge in [0, 0.05) is 36.1 Å². The summed E-state index contributed by atoms with van der Waals surface area (Å²) in [6.07, 6.45) is -1.01. The van der Waals surface area contributed by atoms with Gasteiger partial charge in [0.25, 0.3) is 5.91 Å². The molecule has 4 rings (SSSR count). The van der Waals surface area contributed by atoms with Gasteiger partial charge in [0.2, 0.25) is 0 Å². The number of aryl methyl sites for hydroxylation is 1. The second kappa shape index (κ2) is 8.17. The molecule has 0 spiro atoms. The number of fused-ring (bicyclic) bond motifs is 1. The number of anilines is 2. The van der Waals surface area contributed by atoms with Gasteiger partial charge in [-0.1, -0.05) is 13.0 Å². The molecule has 5 nitrogen and oxygen atoms in total. The number of piperidine rings is 1. The van der Waals surface area contributed by atoms with Crippen molar-refractivity contribution in [1.29, 1.82) is 0 Å². The fourth-order valence-corrected chi connectivity index (χ4v) is 3.93. The van der Waals surface area contributed by atoms with E-state index in [1.54, 1.807) is 23.1 Å². The van der Waals surface area contributed by atoms with E-state index in [4.69, 9.17) is 0 Å². The van der Waals surface area contributed by atoms with Crippen LogP contribution in [0.2, 0.25) is 0 Å². The highest BCUT2D eigenvalue weighted by molar-refractivity contribution is 6.07. The van der Waals surface area contributed by atoms with E-state index in [0.717, 1.165) is 30.7 Å². The van der Waals surface area contributed by atoms with Gasteiger partial charge in [0.15, 0.2) is 5.65 Å². The third-order valence-corrected chi connectivity index (χ3v) is 5.50. The lowest BCUT2D eigenvalue weighted by Gasteiger charge is -2.31. The molecule has 1 aliphatic rings. The molecular formula is C23H23F3N4O. The Balaban J connectivity index is 1.80. The number of alkyl halides is 3. The average molecular weight is 428 g/mol. The molecule has 8 heteroatoms. The van der Waals surface area contributed by atoms with Crippen LogP contribution in [0, 0.1) is 12.8 Å². The zero-order valence-corrected chi connectivity index (χ0v) is 17.3. The van der Waals surface area contributed by atoms with Gasteiger partial charge in [-0.3, -0.25) is 4.79 Å². The Morgan fingerprint density at radius 1 is 1.23 bits per heavy atom. The summed E-state index contributed by atoms with van der Waals surface area (Å²) in [6.45, 7) is 5.23. The van der Waals surface area contributed by atoms with Crippen LogP contribution in [0.4, 0.5) is 24.5 Å². The number of hydrogen-bond donors (Lipinski definition) is 1. The summed E-state index contributed by atoms with van der Waals surface area (Å²) in [5.41, 5.74) is 1.41. The summed E-state index contributed by atoms with van der Waals surface area (Å²) in [5.74, 6) is 0.214. The molecule has 1 N–H and O–H groups in total. The molecule has 2 aromatic heterocycles. The molecule has 0 radical (unpaired) electrons. The molecule has 1 aromatic carbocycles. The van der Waals surface area contributed by atoms with E-state index in [2.05, 4.69) is 22.2 Å². The van der Waals surface area contributed by atoms with E-state index in [1.807, 2.05) is 6.92 Å². The monoisotopic (exact) mass is 428 g/mol. The fourth-order valence-electron chi connectivity index (χ4n) is 3.93. The SMILES string of the molecule is Cc1ccc2c(Nc3cccc(C(F)(F)F)c3)c(C(=O)N3CCC[C@H](C)C3)cnc2n1. The van der Waals surface area contributed by atoms with Crippen LogP contribution in [0.1, 0.15) is 41.4 Å². The number of rotatable bonds is 3. The molecular weight excluding hydrogens is 405 g/mol. The lowest BCUT2D eigenvalue weighted by molar-refractivity contribution is -0.137. The van der Waals surface area contributed by atoms with E-state index < -0.39 is 11.7 Å². The molecule has 3 aromatic rings. The Hall–Kier alpha value is -3.16. The summed E-state index contributed by atoms with van der Waals surface area (Å²) in [5, 5.41) is 3.63. The molecule has 0 aliphatic carbocycles. The zero-order chi connectivity index (χ0) is 22.2. The maximum absolute atomic E-state index is 13.3. The Labute approximate surface area is 178 Å². The summed E-state index contributed by atoms with van der Waals surface area (Å²) in [4.78, 5) is 23.9. The van der Waals surface area contributed by atoms with E-state index in [-0.39, 0.29) is 11.6 Å². The second-order valence-corrected chi connectivity index (χ2v) is 8.07. The van der Waals surface area contributed by atoms with Crippen LogP contribution < -0.4 is 5.32 Å². The van der Waals surface area contributed by atoms with Crippen molar-refractivity contribution in [3.8, 4) is 0 Å². The minimum absolute atomic E-state index is 0.184. The van der Waals surface area contributed by atoms with E-state index in [9.17, 15) is 18.0 Å². The number of carbonyl (C=O) groups is 1. The number of pyridine rings is 2. The number of likely N-dealkylation sites (tertiary alicyclic amines) is 1. The van der Waals surface area contributed by atoms with Gasteiger partial charge in [0.05, 0.1) is 16.8 Å². The largest absolute Gasteiger partial charge is 0.416 e. The minimum Gasteiger partial charge on any atom is -0.354 e. The van der Waals surface area contributed by atoms with Crippen LogP contribution in [0.25, 0.3) is 11.0 Å². The third-order valence-electron chi connectivity index (χ3n) is 5.50. The van der Waals surface area contributed by atoms with E-state index in [0.29, 0.717) is 41.3 Å². The van der Waals surface area contributed by atoms with Gasteiger partial charge in [-0.25, -0.2) is 9.97 Å². The first-order chi connectivity index (χ1) is 14.7. The molecule has 162 valence electrons. The first-order valence-corrected chi connectivity index (χ1v) is 10.2. The van der Waals surface area contributed by atoms with Crippen LogP contribution in [-0.4, -0.2) is 33.9 Å². The number of benzene rings is 1. The van der Waals surface area contributed by atoms with Crippen molar-refractivity contribution in [1.82, 2.24) is 14.9 Å². The highest BCUT2D eigenvalue weighted by atomic mass is 19.4. The predicted molar refractivity (Wildman–Crippen MR) is 113 cm³/mol. The quantitative estimate of drug-likeness (QED) is 0.592. The van der Waals surface area contributed by atoms with E-state index >= 15 is 0 Å². The van der Waals surface area contributed by atoms with Crippen molar-refractivity contribution in [2.24, 2.45) is 5.92 Å². The number of carbonyl (C=O) groups excluding carboxylic acids is 1. The number of nitrogens with one attached hydrogen (secondary N) is 1. The van der Waals surface area contributed by atoms with Crippen LogP contribution in [0.5, 0.6) is 0 Å². The van der Waals surface area contributed by atoms with Gasteiger partial charge in [-0.05, 0) is 56.0 Å². The zero-order valence-electron chi connectivity index (χ0n) is 17.3. The molecule has 31 heavy (non-hydrogen) atoms. The number of amides is 1. The number of aromatic nitrogens is 2. The first-order valence-electron chi connectivity index (χ1n) is 10.2. The second-order valence-electron chi connectivity index (χ2n) is 8.07. The van der Waals surface area contributed by atoms with Crippen molar-refractivity contribution < 1.29 is 18.0 Å². The summed E-state index contributed by atoms with van der Waals surface area (Å²) >= 11 is 0. The molecule has 0 unspecified atom stereocenters. The van der Waals surface area contributed by atoms with Crippen molar-refractivity contribution in [2.75, 3.05) is 18.4 Å². The smallest absolute Gasteiger partial charge is 0.354 e. The Morgan fingerprint density at radius 2 is 2.03 bits per heavy atom. The molecule has 1 amide bonds. The molecule has 1 saturated heterocycles. The van der Waals surface area contributed by atoms with Crippen LogP contribution in [-0.2, 0) is 6.18 Å². The number of hydrogen-bond acceptors (Lipinski definition) is 4. The maximum Gasteiger partial charge on any atom is 0.416 e. The molecule has 3 heterocycles. The lowest BCUT2D eigenvalue weighted by atomic mass is 9.99. The van der Waals surface area contributed by atoms with Crippen molar-refractivity contribution in [2.45, 2.75) is 32.9 Å². The van der Waals surface area contributed by atoms with Crippen LogP contribution in [0.15, 0.2) is 42.6 Å². The normalized spacial score (nSPS) is 17.1. The summed E-state index contributed by atoms with van der Waals surface area (Å²) < 4.78 is 39.5. The van der Waals surface area contributed by atoms with Crippen LogP contribution in [0.3, 0.4) is 0 Å². The Morgan fingerprint density at radius 3 is 2.77 bits per heavy atom. The topological polar surface area (TPSA) is 58.1 Å². The summed E-state index contributed by atoms with van der Waals surface area (Å²) in [6, 6.07) is 8.51. The average Bonchev–Trinajstić information content (AvgIpc) is 2.73. The van der Waals surface area contributed by atoms with Crippen molar-refractivity contribution >= 4 is 28.3 Å². The highest BCUT2D eigenvalue weighted by Crippen LogP contribution is 2.34. The van der Waals surface area contributed by atoms with Gasteiger partial charge in [-0.15, -0.1) is 0 Å². The number of nitrogens with zero attached hydrogens (tertiary/aromatic N) is 3. The van der Waals surface area contributed by atoms with Crippen molar-refractivity contribution in [3.63, 3.8) is 0 Å². The molecule has 1 aliphatic heterocycles. The summed E-state index contributed by atoms with van der Waals surface area (Å²) in [7, 11) is 0. The molecule has 1 fully saturated rings. The van der Waals surface area contributed by atoms with Crippen LogP contribution >= 0.6 is 0 Å². The highest BCUT2D eigenvalue weighted by Gasteiger charge is 2.31. The van der Waals surface area contributed by atoms with Gasteiger partial charge >= 0.3 is 6.18 Å². The van der Waals surface area contributed by atoms with Gasteiger partial charge < -0.3 is 10.2 Å². The number of halogens is 3. The van der Waals surface area contributed by atoms with E-state index in [1.165, 1.54) is 12.3 Å². The standard InChI is InChI=1S/C23H23F3N4O/c1-14-5-4-10-30(13-14)22(31)19-12-27-21-18(9-8-15(2)28-21)20(19)29-17-7-3-6-16(11-17)23(24,25)26/h3,6-9,11-12,14H,4-5,10,13H2,1-2H3,(H,27,28,29)/t14-/m0/s1.